The zero-order valence-corrected chi connectivity index (χ0v) is 13.8. The van der Waals surface area contributed by atoms with Gasteiger partial charge in [0, 0.05) is 25.7 Å². The Labute approximate surface area is 120 Å². The summed E-state index contributed by atoms with van der Waals surface area (Å²) in [6, 6.07) is 0. The van der Waals surface area contributed by atoms with Gasteiger partial charge in [-0.1, -0.05) is 0 Å². The highest BCUT2D eigenvalue weighted by Gasteiger charge is 2.22. The normalized spacial score (nSPS) is 12.7. The lowest BCUT2D eigenvalue weighted by atomic mass is 10.1. The van der Waals surface area contributed by atoms with E-state index in [-0.39, 0.29) is 0 Å². The summed E-state index contributed by atoms with van der Waals surface area (Å²) in [5.74, 6) is 0.712. The van der Waals surface area contributed by atoms with E-state index in [1.165, 1.54) is 0 Å². The van der Waals surface area contributed by atoms with Crippen molar-refractivity contribution in [2.45, 2.75) is 32.9 Å². The SMILES string of the molecule is COc1c(CNCC(C)(C)NS(C)(=O)=O)c(C)nn1C. The molecule has 1 heterocycles. The van der Waals surface area contributed by atoms with Crippen LogP contribution in [-0.2, 0) is 23.6 Å². The van der Waals surface area contributed by atoms with E-state index in [0.717, 1.165) is 17.5 Å². The minimum absolute atomic E-state index is 0.498. The molecular formula is C12H24N4O3S. The van der Waals surface area contributed by atoms with Gasteiger partial charge in [0.25, 0.3) is 0 Å². The van der Waals surface area contributed by atoms with Gasteiger partial charge in [-0.25, -0.2) is 17.8 Å². The first-order chi connectivity index (χ1) is 9.06. The van der Waals surface area contributed by atoms with Crippen molar-refractivity contribution in [2.75, 3.05) is 19.9 Å². The Morgan fingerprint density at radius 1 is 1.40 bits per heavy atom. The van der Waals surface area contributed by atoms with Gasteiger partial charge in [-0.05, 0) is 20.8 Å². The van der Waals surface area contributed by atoms with Crippen molar-refractivity contribution < 1.29 is 13.2 Å². The fourth-order valence-corrected chi connectivity index (χ4v) is 3.25. The number of methoxy groups -OCH3 is 1. The average Bonchev–Trinajstić information content (AvgIpc) is 2.49. The summed E-state index contributed by atoms with van der Waals surface area (Å²) >= 11 is 0. The Bertz CT molecular complexity index is 564. The van der Waals surface area contributed by atoms with Gasteiger partial charge in [0.05, 0.1) is 24.6 Å². The number of nitrogens with one attached hydrogen (secondary N) is 2. The van der Waals surface area contributed by atoms with Crippen molar-refractivity contribution in [1.82, 2.24) is 19.8 Å². The molecule has 8 heteroatoms. The smallest absolute Gasteiger partial charge is 0.216 e. The van der Waals surface area contributed by atoms with E-state index < -0.39 is 15.6 Å². The van der Waals surface area contributed by atoms with Gasteiger partial charge in [0.1, 0.15) is 0 Å². The third-order valence-electron chi connectivity index (χ3n) is 2.81. The van der Waals surface area contributed by atoms with E-state index in [9.17, 15) is 8.42 Å². The number of sulfonamides is 1. The molecule has 20 heavy (non-hydrogen) atoms. The van der Waals surface area contributed by atoms with E-state index in [2.05, 4.69) is 15.1 Å². The molecule has 0 unspecified atom stereocenters. The zero-order chi connectivity index (χ0) is 15.6. The maximum atomic E-state index is 11.3. The van der Waals surface area contributed by atoms with E-state index in [4.69, 9.17) is 4.74 Å². The van der Waals surface area contributed by atoms with Gasteiger partial charge in [-0.2, -0.15) is 5.10 Å². The van der Waals surface area contributed by atoms with Crippen LogP contribution < -0.4 is 14.8 Å². The predicted molar refractivity (Wildman–Crippen MR) is 78.3 cm³/mol. The minimum Gasteiger partial charge on any atom is -0.481 e. The van der Waals surface area contributed by atoms with Crippen molar-refractivity contribution in [3.05, 3.63) is 11.3 Å². The Kier molecular flexibility index (Phi) is 5.17. The lowest BCUT2D eigenvalue weighted by Crippen LogP contribution is -2.49. The van der Waals surface area contributed by atoms with E-state index in [1.807, 2.05) is 27.8 Å². The van der Waals surface area contributed by atoms with Crippen LogP contribution in [0.25, 0.3) is 0 Å². The second-order valence-corrected chi connectivity index (χ2v) is 7.31. The monoisotopic (exact) mass is 304 g/mol. The van der Waals surface area contributed by atoms with Gasteiger partial charge in [0.15, 0.2) is 0 Å². The summed E-state index contributed by atoms with van der Waals surface area (Å²) in [5, 5.41) is 7.53. The van der Waals surface area contributed by atoms with Gasteiger partial charge in [-0.3, -0.25) is 0 Å². The Morgan fingerprint density at radius 2 is 2.00 bits per heavy atom. The van der Waals surface area contributed by atoms with Crippen LogP contribution in [0.3, 0.4) is 0 Å². The number of ether oxygens (including phenoxy) is 1. The zero-order valence-electron chi connectivity index (χ0n) is 12.9. The first kappa shape index (κ1) is 16.9. The molecule has 0 radical (unpaired) electrons. The number of rotatable bonds is 7. The maximum absolute atomic E-state index is 11.3. The molecule has 0 atom stereocenters. The van der Waals surface area contributed by atoms with Gasteiger partial charge < -0.3 is 10.1 Å². The van der Waals surface area contributed by atoms with Crippen LogP contribution in [0.1, 0.15) is 25.1 Å². The molecule has 0 aliphatic rings. The van der Waals surface area contributed by atoms with Crippen molar-refractivity contribution in [3.8, 4) is 5.88 Å². The summed E-state index contributed by atoms with van der Waals surface area (Å²) in [4.78, 5) is 0. The minimum atomic E-state index is -3.22. The molecule has 0 saturated carbocycles. The lowest BCUT2D eigenvalue weighted by Gasteiger charge is -2.25. The molecule has 0 fully saturated rings. The van der Waals surface area contributed by atoms with Gasteiger partial charge >= 0.3 is 0 Å². The topological polar surface area (TPSA) is 85.2 Å². The van der Waals surface area contributed by atoms with Gasteiger partial charge in [0.2, 0.25) is 15.9 Å². The molecule has 0 saturated heterocycles. The number of aromatic nitrogens is 2. The van der Waals surface area contributed by atoms with E-state index in [0.29, 0.717) is 19.0 Å². The first-order valence-corrected chi connectivity index (χ1v) is 8.21. The van der Waals surface area contributed by atoms with Crippen LogP contribution in [0.2, 0.25) is 0 Å². The average molecular weight is 304 g/mol. The Hall–Kier alpha value is -1.12. The summed E-state index contributed by atoms with van der Waals surface area (Å²) < 4.78 is 32.1. The highest BCUT2D eigenvalue weighted by atomic mass is 32.2. The molecule has 1 aromatic heterocycles. The lowest BCUT2D eigenvalue weighted by molar-refractivity contribution is 0.365. The number of aryl methyl sites for hydroxylation is 2. The molecule has 2 N–H and O–H groups in total. The number of hydrogen-bond acceptors (Lipinski definition) is 5. The summed E-state index contributed by atoms with van der Waals surface area (Å²) in [5.41, 5.74) is 1.31. The highest BCUT2D eigenvalue weighted by Crippen LogP contribution is 2.20. The van der Waals surface area contributed by atoms with Crippen molar-refractivity contribution in [3.63, 3.8) is 0 Å². The summed E-state index contributed by atoms with van der Waals surface area (Å²) in [7, 11) is 0.205. The van der Waals surface area contributed by atoms with E-state index in [1.54, 1.807) is 11.8 Å². The molecule has 0 amide bonds. The molecular weight excluding hydrogens is 280 g/mol. The largest absolute Gasteiger partial charge is 0.481 e. The number of nitrogens with zero attached hydrogens (tertiary/aromatic N) is 2. The molecule has 0 aliphatic heterocycles. The molecule has 7 nitrogen and oxygen atoms in total. The van der Waals surface area contributed by atoms with Crippen LogP contribution in [0, 0.1) is 6.92 Å². The van der Waals surface area contributed by atoms with Crippen molar-refractivity contribution >= 4 is 10.0 Å². The quantitative estimate of drug-likeness (QED) is 0.749. The molecule has 0 aromatic carbocycles. The first-order valence-electron chi connectivity index (χ1n) is 6.32. The number of hydrogen-bond donors (Lipinski definition) is 2. The maximum Gasteiger partial charge on any atom is 0.216 e. The van der Waals surface area contributed by atoms with Crippen LogP contribution in [0.5, 0.6) is 5.88 Å². The van der Waals surface area contributed by atoms with Crippen LogP contribution >= 0.6 is 0 Å². The van der Waals surface area contributed by atoms with Crippen LogP contribution in [0.15, 0.2) is 0 Å². The molecule has 0 spiro atoms. The second kappa shape index (κ2) is 6.11. The van der Waals surface area contributed by atoms with Crippen molar-refractivity contribution in [1.29, 1.82) is 0 Å². The van der Waals surface area contributed by atoms with E-state index >= 15 is 0 Å². The standard InChI is InChI=1S/C12H24N4O3S/c1-9-10(11(19-5)16(4)14-9)7-13-8-12(2,3)15-20(6,17)18/h13,15H,7-8H2,1-6H3. The summed E-state index contributed by atoms with van der Waals surface area (Å²) in [6.07, 6.45) is 1.16. The molecule has 1 aromatic rings. The highest BCUT2D eigenvalue weighted by molar-refractivity contribution is 7.88. The summed E-state index contributed by atoms with van der Waals surface area (Å²) in [6.45, 7) is 6.64. The molecule has 1 rings (SSSR count). The second-order valence-electron chi connectivity index (χ2n) is 5.56. The molecule has 0 aliphatic carbocycles. The van der Waals surface area contributed by atoms with Gasteiger partial charge in [-0.15, -0.1) is 0 Å². The third kappa shape index (κ3) is 4.77. The molecule has 116 valence electrons. The van der Waals surface area contributed by atoms with Crippen LogP contribution in [-0.4, -0.2) is 43.6 Å². The fourth-order valence-electron chi connectivity index (χ4n) is 2.18. The predicted octanol–water partition coefficient (Wildman–Crippen LogP) is 0.155. The Morgan fingerprint density at radius 3 is 2.50 bits per heavy atom. The molecule has 0 bridgehead atoms. The van der Waals surface area contributed by atoms with Crippen molar-refractivity contribution in [2.24, 2.45) is 7.05 Å². The Balaban J connectivity index is 2.65. The third-order valence-corrected chi connectivity index (χ3v) is 3.74. The fraction of sp³-hybridized carbons (Fsp3) is 0.750. The van der Waals surface area contributed by atoms with Crippen LogP contribution in [0.4, 0.5) is 0 Å².